The highest BCUT2D eigenvalue weighted by molar-refractivity contribution is 6.18. The molecule has 2 fully saturated rings. The number of halogens is 1. The highest BCUT2D eigenvalue weighted by atomic mass is 35.5. The van der Waals surface area contributed by atoms with Crippen molar-refractivity contribution >= 4 is 11.6 Å². The standard InChI is InChI=1S/C15H28ClNO/c1-12(2)14(10-16)17-11-13-6-9-15(18-13)7-4-3-5-8-15/h12-14,17H,3-11H2,1-2H3. The van der Waals surface area contributed by atoms with Crippen LogP contribution in [0.15, 0.2) is 0 Å². The molecule has 2 atom stereocenters. The first-order valence-corrected chi connectivity index (χ1v) is 8.16. The second kappa shape index (κ2) is 6.58. The van der Waals surface area contributed by atoms with Gasteiger partial charge in [0.25, 0.3) is 0 Å². The van der Waals surface area contributed by atoms with Crippen molar-refractivity contribution in [2.24, 2.45) is 5.92 Å². The van der Waals surface area contributed by atoms with Gasteiger partial charge in [0.05, 0.1) is 11.7 Å². The lowest BCUT2D eigenvalue weighted by molar-refractivity contribution is -0.0630. The Labute approximate surface area is 117 Å². The van der Waals surface area contributed by atoms with E-state index in [0.717, 1.165) is 6.54 Å². The number of hydrogen-bond acceptors (Lipinski definition) is 2. The summed E-state index contributed by atoms with van der Waals surface area (Å²) in [7, 11) is 0. The van der Waals surface area contributed by atoms with Crippen molar-refractivity contribution in [1.82, 2.24) is 5.32 Å². The lowest BCUT2D eigenvalue weighted by Crippen LogP contribution is -2.41. The summed E-state index contributed by atoms with van der Waals surface area (Å²) in [5, 5.41) is 3.58. The summed E-state index contributed by atoms with van der Waals surface area (Å²) in [4.78, 5) is 0. The molecule has 0 aromatic heterocycles. The number of hydrogen-bond donors (Lipinski definition) is 1. The Morgan fingerprint density at radius 3 is 2.56 bits per heavy atom. The van der Waals surface area contributed by atoms with Crippen molar-refractivity contribution in [1.29, 1.82) is 0 Å². The van der Waals surface area contributed by atoms with E-state index in [-0.39, 0.29) is 5.60 Å². The van der Waals surface area contributed by atoms with E-state index in [4.69, 9.17) is 16.3 Å². The van der Waals surface area contributed by atoms with Gasteiger partial charge in [-0.25, -0.2) is 0 Å². The fourth-order valence-electron chi connectivity index (χ4n) is 3.35. The van der Waals surface area contributed by atoms with Crippen LogP contribution in [-0.4, -0.2) is 30.2 Å². The zero-order chi connectivity index (χ0) is 13.0. The molecular weight excluding hydrogens is 246 g/mol. The van der Waals surface area contributed by atoms with Crippen LogP contribution >= 0.6 is 11.6 Å². The summed E-state index contributed by atoms with van der Waals surface area (Å²) in [5.41, 5.74) is 0.249. The summed E-state index contributed by atoms with van der Waals surface area (Å²) in [6.45, 7) is 5.41. The molecule has 1 spiro atoms. The van der Waals surface area contributed by atoms with Gasteiger partial charge in [-0.05, 0) is 31.6 Å². The largest absolute Gasteiger partial charge is 0.370 e. The molecule has 2 nitrogen and oxygen atoms in total. The minimum Gasteiger partial charge on any atom is -0.370 e. The van der Waals surface area contributed by atoms with Crippen LogP contribution in [0.3, 0.4) is 0 Å². The van der Waals surface area contributed by atoms with Crippen LogP contribution in [0.2, 0.25) is 0 Å². The van der Waals surface area contributed by atoms with Crippen molar-refractivity contribution in [2.45, 2.75) is 76.5 Å². The van der Waals surface area contributed by atoms with E-state index >= 15 is 0 Å². The van der Waals surface area contributed by atoms with E-state index in [1.54, 1.807) is 0 Å². The molecule has 106 valence electrons. The van der Waals surface area contributed by atoms with Crippen LogP contribution in [0.4, 0.5) is 0 Å². The Bertz CT molecular complexity index is 251. The van der Waals surface area contributed by atoms with Crippen molar-refractivity contribution < 1.29 is 4.74 Å². The molecule has 2 unspecified atom stereocenters. The van der Waals surface area contributed by atoms with E-state index in [2.05, 4.69) is 19.2 Å². The molecule has 0 aromatic carbocycles. The summed E-state index contributed by atoms with van der Waals surface area (Å²) in [5.74, 6) is 1.28. The van der Waals surface area contributed by atoms with Crippen LogP contribution in [0.5, 0.6) is 0 Å². The second-order valence-corrected chi connectivity index (χ2v) is 6.74. The number of rotatable bonds is 5. The van der Waals surface area contributed by atoms with Crippen molar-refractivity contribution in [2.75, 3.05) is 12.4 Å². The fraction of sp³-hybridized carbons (Fsp3) is 1.00. The molecule has 1 aliphatic carbocycles. The molecule has 2 aliphatic rings. The number of nitrogens with one attached hydrogen (secondary N) is 1. The Morgan fingerprint density at radius 1 is 1.22 bits per heavy atom. The van der Waals surface area contributed by atoms with Gasteiger partial charge in [0.15, 0.2) is 0 Å². The number of ether oxygens (including phenoxy) is 1. The third-order valence-corrected chi connectivity index (χ3v) is 5.01. The second-order valence-electron chi connectivity index (χ2n) is 6.44. The molecule has 2 rings (SSSR count). The van der Waals surface area contributed by atoms with Gasteiger partial charge in [-0.2, -0.15) is 0 Å². The topological polar surface area (TPSA) is 21.3 Å². The minimum absolute atomic E-state index is 0.249. The van der Waals surface area contributed by atoms with Gasteiger partial charge in [-0.1, -0.05) is 33.1 Å². The zero-order valence-corrected chi connectivity index (χ0v) is 12.6. The van der Waals surface area contributed by atoms with Gasteiger partial charge >= 0.3 is 0 Å². The van der Waals surface area contributed by atoms with Crippen LogP contribution in [0, 0.1) is 5.92 Å². The van der Waals surface area contributed by atoms with Crippen molar-refractivity contribution in [3.8, 4) is 0 Å². The Balaban J connectivity index is 1.75. The van der Waals surface area contributed by atoms with E-state index in [0.29, 0.717) is 23.9 Å². The van der Waals surface area contributed by atoms with Crippen LogP contribution in [0.1, 0.15) is 58.8 Å². The molecule has 0 amide bonds. The van der Waals surface area contributed by atoms with Gasteiger partial charge in [0, 0.05) is 18.5 Å². The Kier molecular flexibility index (Phi) is 5.35. The van der Waals surface area contributed by atoms with Crippen molar-refractivity contribution in [3.63, 3.8) is 0 Å². The molecule has 1 heterocycles. The van der Waals surface area contributed by atoms with E-state index < -0.39 is 0 Å². The average molecular weight is 274 g/mol. The van der Waals surface area contributed by atoms with Gasteiger partial charge < -0.3 is 10.1 Å². The summed E-state index contributed by atoms with van der Waals surface area (Å²) < 4.78 is 6.36. The Hall–Kier alpha value is 0.210. The molecule has 3 heteroatoms. The zero-order valence-electron chi connectivity index (χ0n) is 11.9. The SMILES string of the molecule is CC(C)C(CCl)NCC1CCC2(CCCCC2)O1. The Morgan fingerprint density at radius 2 is 1.94 bits per heavy atom. The molecule has 1 N–H and O–H groups in total. The van der Waals surface area contributed by atoms with Gasteiger partial charge in [0.2, 0.25) is 0 Å². The highest BCUT2D eigenvalue weighted by Gasteiger charge is 2.40. The summed E-state index contributed by atoms with van der Waals surface area (Å²) in [6.07, 6.45) is 9.58. The predicted octanol–water partition coefficient (Wildman–Crippen LogP) is 3.72. The molecule has 0 bridgehead atoms. The summed E-state index contributed by atoms with van der Waals surface area (Å²) >= 11 is 5.99. The van der Waals surface area contributed by atoms with Crippen LogP contribution in [0.25, 0.3) is 0 Å². The minimum atomic E-state index is 0.249. The van der Waals surface area contributed by atoms with Crippen molar-refractivity contribution in [3.05, 3.63) is 0 Å². The maximum Gasteiger partial charge on any atom is 0.0708 e. The van der Waals surface area contributed by atoms with E-state index in [1.165, 1.54) is 44.9 Å². The molecule has 0 aromatic rings. The van der Waals surface area contributed by atoms with Gasteiger partial charge in [-0.15, -0.1) is 11.6 Å². The fourth-order valence-corrected chi connectivity index (χ4v) is 3.82. The van der Waals surface area contributed by atoms with Gasteiger partial charge in [-0.3, -0.25) is 0 Å². The molecule has 0 radical (unpaired) electrons. The third kappa shape index (κ3) is 3.61. The third-order valence-electron chi connectivity index (χ3n) is 4.68. The normalized spacial score (nSPS) is 29.0. The maximum atomic E-state index is 6.36. The quantitative estimate of drug-likeness (QED) is 0.771. The first-order chi connectivity index (χ1) is 8.65. The number of alkyl halides is 1. The highest BCUT2D eigenvalue weighted by Crippen LogP contribution is 2.41. The first kappa shape index (κ1) is 14.6. The summed E-state index contributed by atoms with van der Waals surface area (Å²) in [6, 6.07) is 0.415. The lowest BCUT2D eigenvalue weighted by atomic mass is 9.83. The smallest absolute Gasteiger partial charge is 0.0708 e. The van der Waals surface area contributed by atoms with E-state index in [1.807, 2.05) is 0 Å². The van der Waals surface area contributed by atoms with E-state index in [9.17, 15) is 0 Å². The maximum absolute atomic E-state index is 6.36. The molecule has 1 saturated heterocycles. The van der Waals surface area contributed by atoms with Crippen LogP contribution in [-0.2, 0) is 4.74 Å². The van der Waals surface area contributed by atoms with Crippen LogP contribution < -0.4 is 5.32 Å². The average Bonchev–Trinajstić information content (AvgIpc) is 2.74. The monoisotopic (exact) mass is 273 g/mol. The van der Waals surface area contributed by atoms with Gasteiger partial charge in [0.1, 0.15) is 0 Å². The molecule has 18 heavy (non-hydrogen) atoms. The first-order valence-electron chi connectivity index (χ1n) is 7.62. The predicted molar refractivity (Wildman–Crippen MR) is 77.3 cm³/mol. The molecule has 1 saturated carbocycles. The molecular formula is C15H28ClNO. The molecule has 1 aliphatic heterocycles. The lowest BCUT2D eigenvalue weighted by Gasteiger charge is -2.33.